The average Bonchev–Trinajstić information content (AvgIpc) is 3.37. The Bertz CT molecular complexity index is 1700. The molecule has 3 aromatic carbocycles. The van der Waals surface area contributed by atoms with Gasteiger partial charge >= 0.3 is 0 Å². The van der Waals surface area contributed by atoms with Gasteiger partial charge in [0.2, 0.25) is 5.91 Å². The third kappa shape index (κ3) is 5.16. The van der Waals surface area contributed by atoms with Gasteiger partial charge in [0, 0.05) is 45.5 Å². The fourth-order valence-corrected chi connectivity index (χ4v) is 4.98. The van der Waals surface area contributed by atoms with Crippen LogP contribution in [0.25, 0.3) is 27.7 Å². The minimum atomic E-state index is -1.37. The molecule has 0 fully saturated rings. The zero-order valence-electron chi connectivity index (χ0n) is 20.2. The van der Waals surface area contributed by atoms with Crippen molar-refractivity contribution in [3.8, 4) is 11.1 Å². The van der Waals surface area contributed by atoms with Crippen LogP contribution in [0.4, 0.5) is 5.69 Å². The Morgan fingerprint density at radius 3 is 2.36 bits per heavy atom. The van der Waals surface area contributed by atoms with E-state index in [0.29, 0.717) is 22.3 Å². The van der Waals surface area contributed by atoms with Crippen molar-refractivity contribution < 1.29 is 19.6 Å². The molecule has 2 N–H and O–H groups in total. The summed E-state index contributed by atoms with van der Waals surface area (Å²) in [6.45, 7) is 0. The lowest BCUT2D eigenvalue weighted by molar-refractivity contribution is -0.384. The van der Waals surface area contributed by atoms with Crippen molar-refractivity contribution in [2.75, 3.05) is 0 Å². The number of nitrogens with zero attached hydrogens (tertiary/aromatic N) is 2. The molecule has 0 saturated heterocycles. The Morgan fingerprint density at radius 1 is 0.974 bits per heavy atom. The summed E-state index contributed by atoms with van der Waals surface area (Å²) in [5, 5.41) is 24.2. The number of carboxylic acid groups (broad SMARTS) is 1. The highest BCUT2D eigenvalue weighted by molar-refractivity contribution is 9.10. The maximum absolute atomic E-state index is 13.5. The quantitative estimate of drug-likeness (QED) is 0.246. The number of nitro benzene ring substituents is 1. The fraction of sp³-hybridized carbons (Fsp3) is 0.107. The van der Waals surface area contributed by atoms with E-state index in [9.17, 15) is 29.6 Å². The van der Waals surface area contributed by atoms with Gasteiger partial charge < -0.3 is 14.9 Å². The molecule has 2 heterocycles. The van der Waals surface area contributed by atoms with E-state index < -0.39 is 34.8 Å². The number of fused-ring (bicyclic) bond motifs is 1. The van der Waals surface area contributed by atoms with Crippen LogP contribution in [0.15, 0.2) is 88.1 Å². The number of non-ortho nitro benzene ring substituents is 1. The molecule has 10 nitrogen and oxygen atoms in total. The van der Waals surface area contributed by atoms with E-state index in [1.807, 2.05) is 42.5 Å². The second-order valence-electron chi connectivity index (χ2n) is 8.88. The second kappa shape index (κ2) is 10.5. The van der Waals surface area contributed by atoms with Crippen LogP contribution in [-0.4, -0.2) is 26.8 Å². The van der Waals surface area contributed by atoms with Crippen molar-refractivity contribution in [1.29, 1.82) is 0 Å². The molecule has 1 amide bonds. The molecule has 1 atom stereocenters. The summed E-state index contributed by atoms with van der Waals surface area (Å²) in [5.74, 6) is -1.92. The molecule has 5 rings (SSSR count). The number of aromatic nitrogens is 1. The number of carbonyl (C=O) groups is 2. The van der Waals surface area contributed by atoms with Crippen LogP contribution in [0.5, 0.6) is 0 Å². The lowest BCUT2D eigenvalue weighted by atomic mass is 9.94. The summed E-state index contributed by atoms with van der Waals surface area (Å²) in [4.78, 5) is 51.2. The van der Waals surface area contributed by atoms with Gasteiger partial charge in [-0.05, 0) is 54.0 Å². The number of rotatable bonds is 7. The van der Waals surface area contributed by atoms with Crippen molar-refractivity contribution in [2.45, 2.75) is 18.9 Å². The monoisotopic (exact) mass is 587 g/mol. The zero-order valence-corrected chi connectivity index (χ0v) is 21.8. The van der Waals surface area contributed by atoms with E-state index in [2.05, 4.69) is 26.3 Å². The number of nitro groups is 1. The van der Waals surface area contributed by atoms with Crippen LogP contribution in [-0.2, 0) is 9.59 Å². The van der Waals surface area contributed by atoms with Gasteiger partial charge in [-0.15, -0.1) is 0 Å². The number of carbonyl (C=O) groups excluding carboxylic acids is 2. The van der Waals surface area contributed by atoms with E-state index >= 15 is 0 Å². The smallest absolute Gasteiger partial charge is 0.269 e. The minimum Gasteiger partial charge on any atom is -0.550 e. The average molecular weight is 588 g/mol. The van der Waals surface area contributed by atoms with Crippen molar-refractivity contribution in [3.05, 3.63) is 115 Å². The number of H-pyrrole nitrogens is 1. The molecular weight excluding hydrogens is 568 g/mol. The number of halogens is 1. The molecule has 196 valence electrons. The molecule has 11 heteroatoms. The maximum atomic E-state index is 13.5. The first kappa shape index (κ1) is 25.9. The number of hydrazine groups is 1. The number of nitrogens with one attached hydrogen (secondary N) is 2. The largest absolute Gasteiger partial charge is 0.550 e. The Kier molecular flexibility index (Phi) is 6.99. The molecule has 39 heavy (non-hydrogen) atoms. The van der Waals surface area contributed by atoms with E-state index in [4.69, 9.17) is 0 Å². The van der Waals surface area contributed by atoms with Gasteiger partial charge in [-0.25, -0.2) is 5.01 Å². The second-order valence-corrected chi connectivity index (χ2v) is 9.80. The van der Waals surface area contributed by atoms with Crippen molar-refractivity contribution in [3.63, 3.8) is 0 Å². The van der Waals surface area contributed by atoms with Gasteiger partial charge in [0.05, 0.1) is 22.2 Å². The fourth-order valence-electron chi connectivity index (χ4n) is 4.62. The molecule has 0 radical (unpaired) electrons. The Hall–Kier alpha value is -4.77. The number of hydrogen-bond donors (Lipinski definition) is 2. The first-order valence-electron chi connectivity index (χ1n) is 11.9. The molecule has 0 aliphatic carbocycles. The van der Waals surface area contributed by atoms with E-state index in [-0.39, 0.29) is 17.7 Å². The molecule has 0 unspecified atom stereocenters. The maximum Gasteiger partial charge on any atom is 0.269 e. The topological polar surface area (TPSA) is 148 Å². The Balaban J connectivity index is 1.69. The number of carboxylic acids is 1. The number of aromatic amines is 1. The van der Waals surface area contributed by atoms with Crippen LogP contribution < -0.4 is 16.1 Å². The van der Waals surface area contributed by atoms with E-state index in [1.54, 1.807) is 12.1 Å². The van der Waals surface area contributed by atoms with Gasteiger partial charge in [-0.3, -0.25) is 25.1 Å². The van der Waals surface area contributed by atoms with Crippen molar-refractivity contribution in [2.24, 2.45) is 0 Å². The predicted molar refractivity (Wildman–Crippen MR) is 146 cm³/mol. The molecule has 0 saturated carbocycles. The zero-order chi connectivity index (χ0) is 27.7. The van der Waals surface area contributed by atoms with Crippen LogP contribution in [0.3, 0.4) is 0 Å². The molecule has 1 aliphatic rings. The summed E-state index contributed by atoms with van der Waals surface area (Å²) in [7, 11) is 0. The highest BCUT2D eigenvalue weighted by Gasteiger charge is 2.33. The summed E-state index contributed by atoms with van der Waals surface area (Å²) < 4.78 is 0.807. The molecular formula is C28H20BrN4O6-. The SMILES string of the molecule is O=C([O-])CCC(=O)N1NC(c2c(-c3ccccc3)c3cc(Br)ccc3[nH]c2=O)=C[C@@H]1c1ccc([N+](=O)[O-])cc1. The van der Waals surface area contributed by atoms with Crippen LogP contribution in [0.1, 0.15) is 30.0 Å². The van der Waals surface area contributed by atoms with Gasteiger partial charge in [0.15, 0.2) is 0 Å². The van der Waals surface area contributed by atoms with Crippen LogP contribution >= 0.6 is 15.9 Å². The van der Waals surface area contributed by atoms with Crippen LogP contribution in [0.2, 0.25) is 0 Å². The van der Waals surface area contributed by atoms with Gasteiger partial charge in [-0.1, -0.05) is 46.3 Å². The number of amides is 1. The third-order valence-corrected chi connectivity index (χ3v) is 6.90. The highest BCUT2D eigenvalue weighted by atomic mass is 79.9. The number of benzene rings is 3. The number of hydrogen-bond acceptors (Lipinski definition) is 7. The Labute approximate surface area is 229 Å². The summed E-state index contributed by atoms with van der Waals surface area (Å²) in [6.07, 6.45) is 0.852. The Morgan fingerprint density at radius 2 is 1.69 bits per heavy atom. The summed E-state index contributed by atoms with van der Waals surface area (Å²) >= 11 is 3.50. The van der Waals surface area contributed by atoms with Crippen molar-refractivity contribution >= 4 is 50.1 Å². The lowest BCUT2D eigenvalue weighted by Crippen LogP contribution is -2.40. The molecule has 1 aromatic heterocycles. The van der Waals surface area contributed by atoms with Gasteiger partial charge in [0.25, 0.3) is 11.2 Å². The minimum absolute atomic E-state index is 0.119. The third-order valence-electron chi connectivity index (χ3n) is 6.41. The summed E-state index contributed by atoms with van der Waals surface area (Å²) in [6, 6.07) is 19.8. The van der Waals surface area contributed by atoms with Gasteiger partial charge in [-0.2, -0.15) is 0 Å². The molecule has 0 spiro atoms. The van der Waals surface area contributed by atoms with Gasteiger partial charge in [0.1, 0.15) is 0 Å². The van der Waals surface area contributed by atoms with Crippen LogP contribution in [0, 0.1) is 10.1 Å². The molecule has 1 aliphatic heterocycles. The standard InChI is InChI=1S/C28H21BrN4O6/c29-18-8-11-21-20(14-18)26(17-4-2-1-3-5-17)27(28(37)30-21)22-15-23(16-6-9-19(10-7-16)33(38)39)32(31-22)24(34)12-13-25(35)36/h1-11,14-15,23,31H,12-13H2,(H,30,37)(H,35,36)/p-1/t23-/m1/s1. The lowest BCUT2D eigenvalue weighted by Gasteiger charge is -2.26. The highest BCUT2D eigenvalue weighted by Crippen LogP contribution is 2.38. The van der Waals surface area contributed by atoms with E-state index in [0.717, 1.165) is 15.4 Å². The predicted octanol–water partition coefficient (Wildman–Crippen LogP) is 3.82. The number of aliphatic carboxylic acids is 1. The first-order valence-corrected chi connectivity index (χ1v) is 12.7. The summed E-state index contributed by atoms with van der Waals surface area (Å²) in [5.41, 5.74) is 5.69. The normalized spacial score (nSPS) is 14.6. The first-order chi connectivity index (χ1) is 18.7. The van der Waals surface area contributed by atoms with E-state index in [1.165, 1.54) is 29.3 Å². The number of pyridine rings is 1. The molecule has 0 bridgehead atoms. The molecule has 4 aromatic rings. The van der Waals surface area contributed by atoms with Crippen molar-refractivity contribution in [1.82, 2.24) is 15.4 Å².